The average molecular weight is 194 g/mol. The van der Waals surface area contributed by atoms with E-state index in [1.807, 2.05) is 7.05 Å². The largest absolute Gasteiger partial charge is 0.294 e. The van der Waals surface area contributed by atoms with Crippen molar-refractivity contribution < 1.29 is 4.79 Å². The summed E-state index contributed by atoms with van der Waals surface area (Å²) in [6.45, 7) is 4.27. The number of rotatable bonds is 5. The highest BCUT2D eigenvalue weighted by Gasteiger charge is 2.11. The van der Waals surface area contributed by atoms with Crippen LogP contribution in [0, 0.1) is 5.92 Å². The molecule has 0 aromatic carbocycles. The van der Waals surface area contributed by atoms with Gasteiger partial charge in [-0.2, -0.15) is 5.10 Å². The minimum absolute atomic E-state index is 0.207. The monoisotopic (exact) mass is 194 g/mol. The van der Waals surface area contributed by atoms with Gasteiger partial charge in [0.05, 0.1) is 11.8 Å². The van der Waals surface area contributed by atoms with Gasteiger partial charge in [-0.25, -0.2) is 0 Å². The Labute approximate surface area is 85.1 Å². The summed E-state index contributed by atoms with van der Waals surface area (Å²) in [5.74, 6) is 0.687. The fraction of sp³-hybridized carbons (Fsp3) is 0.636. The Morgan fingerprint density at radius 1 is 1.64 bits per heavy atom. The van der Waals surface area contributed by atoms with Crippen LogP contribution in [0.5, 0.6) is 0 Å². The highest BCUT2D eigenvalue weighted by Crippen LogP contribution is 2.13. The lowest BCUT2D eigenvalue weighted by Gasteiger charge is -2.06. The van der Waals surface area contributed by atoms with Crippen molar-refractivity contribution in [1.82, 2.24) is 9.78 Å². The Morgan fingerprint density at radius 2 is 2.36 bits per heavy atom. The maximum absolute atomic E-state index is 11.7. The molecule has 0 fully saturated rings. The quantitative estimate of drug-likeness (QED) is 0.675. The van der Waals surface area contributed by atoms with Gasteiger partial charge in [-0.15, -0.1) is 0 Å². The predicted octanol–water partition coefficient (Wildman–Crippen LogP) is 2.43. The van der Waals surface area contributed by atoms with Crippen molar-refractivity contribution in [3.63, 3.8) is 0 Å². The zero-order chi connectivity index (χ0) is 10.6. The number of Topliss-reactive ketones (excluding diaryl/α,β-unsaturated/α-hetero) is 1. The molecule has 1 unspecified atom stereocenters. The van der Waals surface area contributed by atoms with Gasteiger partial charge >= 0.3 is 0 Å². The average Bonchev–Trinajstić information content (AvgIpc) is 2.52. The van der Waals surface area contributed by atoms with Crippen LogP contribution in [0.1, 0.15) is 43.5 Å². The van der Waals surface area contributed by atoms with Crippen molar-refractivity contribution in [3.8, 4) is 0 Å². The van der Waals surface area contributed by atoms with E-state index >= 15 is 0 Å². The summed E-state index contributed by atoms with van der Waals surface area (Å²) >= 11 is 0. The summed E-state index contributed by atoms with van der Waals surface area (Å²) in [5.41, 5.74) is 0.732. The number of carbonyl (C=O) groups excluding carboxylic acids is 1. The number of carbonyl (C=O) groups is 1. The van der Waals surface area contributed by atoms with Gasteiger partial charge in [-0.1, -0.05) is 26.7 Å². The molecule has 0 N–H and O–H groups in total. The molecule has 1 rings (SSSR count). The van der Waals surface area contributed by atoms with Crippen molar-refractivity contribution in [2.75, 3.05) is 0 Å². The van der Waals surface area contributed by atoms with Crippen molar-refractivity contribution in [2.24, 2.45) is 13.0 Å². The molecule has 0 aliphatic rings. The van der Waals surface area contributed by atoms with E-state index in [0.29, 0.717) is 12.3 Å². The lowest BCUT2D eigenvalue weighted by molar-refractivity contribution is 0.0962. The van der Waals surface area contributed by atoms with Gasteiger partial charge in [-0.3, -0.25) is 9.48 Å². The molecule has 1 aromatic heterocycles. The van der Waals surface area contributed by atoms with E-state index in [0.717, 1.165) is 18.4 Å². The Morgan fingerprint density at radius 3 is 2.86 bits per heavy atom. The van der Waals surface area contributed by atoms with Crippen LogP contribution in [0.4, 0.5) is 0 Å². The first-order valence-electron chi connectivity index (χ1n) is 5.15. The Kier molecular flexibility index (Phi) is 3.86. The lowest BCUT2D eigenvalue weighted by Crippen LogP contribution is -2.05. The van der Waals surface area contributed by atoms with E-state index in [-0.39, 0.29) is 5.78 Å². The summed E-state index contributed by atoms with van der Waals surface area (Å²) < 4.78 is 1.66. The fourth-order valence-corrected chi connectivity index (χ4v) is 1.59. The van der Waals surface area contributed by atoms with Crippen LogP contribution in [0.2, 0.25) is 0 Å². The molecular weight excluding hydrogens is 176 g/mol. The number of ketones is 1. The van der Waals surface area contributed by atoms with Crippen molar-refractivity contribution >= 4 is 5.78 Å². The number of hydrogen-bond acceptors (Lipinski definition) is 2. The van der Waals surface area contributed by atoms with Gasteiger partial charge in [0.2, 0.25) is 0 Å². The number of aromatic nitrogens is 2. The molecule has 14 heavy (non-hydrogen) atoms. The molecular formula is C11H18N2O. The topological polar surface area (TPSA) is 34.9 Å². The highest BCUT2D eigenvalue weighted by atomic mass is 16.1. The minimum atomic E-state index is 0.207. The van der Waals surface area contributed by atoms with Gasteiger partial charge in [0, 0.05) is 19.7 Å². The zero-order valence-corrected chi connectivity index (χ0v) is 9.16. The predicted molar refractivity (Wildman–Crippen MR) is 56.2 cm³/mol. The van der Waals surface area contributed by atoms with E-state index < -0.39 is 0 Å². The number of hydrogen-bond donors (Lipinski definition) is 0. The molecule has 0 saturated heterocycles. The van der Waals surface area contributed by atoms with Crippen molar-refractivity contribution in [2.45, 2.75) is 33.1 Å². The summed E-state index contributed by atoms with van der Waals surface area (Å²) in [6.07, 6.45) is 6.31. The Balaban J connectivity index is 2.50. The molecule has 1 aromatic rings. The first-order valence-corrected chi connectivity index (χ1v) is 5.15. The third-order valence-corrected chi connectivity index (χ3v) is 2.34. The van der Waals surface area contributed by atoms with Crippen molar-refractivity contribution in [1.29, 1.82) is 0 Å². The molecule has 1 heterocycles. The first kappa shape index (κ1) is 11.0. The van der Waals surface area contributed by atoms with Crippen LogP contribution >= 0.6 is 0 Å². The van der Waals surface area contributed by atoms with Gasteiger partial charge in [0.15, 0.2) is 5.78 Å². The third-order valence-electron chi connectivity index (χ3n) is 2.34. The van der Waals surface area contributed by atoms with E-state index in [4.69, 9.17) is 0 Å². The number of nitrogens with zero attached hydrogens (tertiary/aromatic N) is 2. The SMILES string of the molecule is CCCC(C)CC(=O)c1cnn(C)c1. The van der Waals surface area contributed by atoms with Crippen LogP contribution < -0.4 is 0 Å². The minimum Gasteiger partial charge on any atom is -0.294 e. The molecule has 3 nitrogen and oxygen atoms in total. The molecule has 0 aliphatic carbocycles. The molecule has 0 saturated carbocycles. The van der Waals surface area contributed by atoms with Crippen LogP contribution in [0.25, 0.3) is 0 Å². The second kappa shape index (κ2) is 4.94. The van der Waals surface area contributed by atoms with Gasteiger partial charge in [0.25, 0.3) is 0 Å². The maximum Gasteiger partial charge on any atom is 0.166 e. The standard InChI is InChI=1S/C11H18N2O/c1-4-5-9(2)6-11(14)10-7-12-13(3)8-10/h7-9H,4-6H2,1-3H3. The van der Waals surface area contributed by atoms with Crippen molar-refractivity contribution in [3.05, 3.63) is 18.0 Å². The Hall–Kier alpha value is -1.12. The molecule has 1 atom stereocenters. The molecule has 0 bridgehead atoms. The molecule has 0 radical (unpaired) electrons. The zero-order valence-electron chi connectivity index (χ0n) is 9.16. The van der Waals surface area contributed by atoms with E-state index in [1.54, 1.807) is 17.1 Å². The normalized spacial score (nSPS) is 12.8. The summed E-state index contributed by atoms with van der Waals surface area (Å²) in [7, 11) is 1.83. The lowest BCUT2D eigenvalue weighted by atomic mass is 9.97. The van der Waals surface area contributed by atoms with Crippen LogP contribution in [-0.4, -0.2) is 15.6 Å². The first-order chi connectivity index (χ1) is 6.63. The fourth-order valence-electron chi connectivity index (χ4n) is 1.59. The molecule has 3 heteroatoms. The van der Waals surface area contributed by atoms with Crippen LogP contribution in [-0.2, 0) is 7.05 Å². The summed E-state index contributed by atoms with van der Waals surface area (Å²) in [6, 6.07) is 0. The van der Waals surface area contributed by atoms with Crippen LogP contribution in [0.15, 0.2) is 12.4 Å². The molecule has 0 aliphatic heterocycles. The van der Waals surface area contributed by atoms with Crippen LogP contribution in [0.3, 0.4) is 0 Å². The second-order valence-corrected chi connectivity index (χ2v) is 3.92. The smallest absolute Gasteiger partial charge is 0.166 e. The van der Waals surface area contributed by atoms with Gasteiger partial charge in [-0.05, 0) is 5.92 Å². The summed E-state index contributed by atoms with van der Waals surface area (Å²) in [4.78, 5) is 11.7. The summed E-state index contributed by atoms with van der Waals surface area (Å²) in [5, 5.41) is 3.99. The Bertz CT molecular complexity index is 304. The molecule has 0 amide bonds. The number of aryl methyl sites for hydroxylation is 1. The van der Waals surface area contributed by atoms with E-state index in [2.05, 4.69) is 18.9 Å². The maximum atomic E-state index is 11.7. The highest BCUT2D eigenvalue weighted by molar-refractivity contribution is 5.95. The third kappa shape index (κ3) is 2.98. The van der Waals surface area contributed by atoms with E-state index in [1.165, 1.54) is 0 Å². The second-order valence-electron chi connectivity index (χ2n) is 3.92. The van der Waals surface area contributed by atoms with E-state index in [9.17, 15) is 4.79 Å². The van der Waals surface area contributed by atoms with Gasteiger partial charge in [0.1, 0.15) is 0 Å². The molecule has 78 valence electrons. The molecule has 0 spiro atoms. The van der Waals surface area contributed by atoms with Gasteiger partial charge < -0.3 is 0 Å².